The van der Waals surface area contributed by atoms with Gasteiger partial charge in [-0.2, -0.15) is 0 Å². The fourth-order valence-electron chi connectivity index (χ4n) is 14.8. The topological polar surface area (TPSA) is 154 Å². The smallest absolute Gasteiger partial charge is 0.150 e. The van der Waals surface area contributed by atoms with Gasteiger partial charge in [0.15, 0.2) is 0 Å². The first-order valence-electron chi connectivity index (χ1n) is 25.1. The molecule has 0 heterocycles. The van der Waals surface area contributed by atoms with Crippen molar-refractivity contribution in [1.29, 1.82) is 0 Å². The van der Waals surface area contributed by atoms with Gasteiger partial charge in [-0.25, -0.2) is 0 Å². The Hall–Kier alpha value is -3.05. The molecule has 65 heavy (non-hydrogen) atoms. The van der Waals surface area contributed by atoms with Crippen LogP contribution in [0.1, 0.15) is 134 Å². The highest BCUT2D eigenvalue weighted by molar-refractivity contribution is 5.74. The van der Waals surface area contributed by atoms with Crippen LogP contribution in [0.5, 0.6) is 11.5 Å². The van der Waals surface area contributed by atoms with E-state index in [-0.39, 0.29) is 58.9 Å². The van der Waals surface area contributed by atoms with Crippen LogP contribution in [-0.4, -0.2) is 79.4 Å². The maximum atomic E-state index is 10.3. The second-order valence-electron chi connectivity index (χ2n) is 22.2. The SMILES string of the molecule is C=C1CC[C@H]2[C@H](CN)[C@@H]([C@@]3(C)CC[C@H](O)C[C@@H]3CO)CC[C@]12C.C=C1CC[C@H]2[C@H](CNCc3ccc(OC)cc3)[C@@H]([C@@]3(C)CC[C@H](O)C[C@@H]3CO)CC[C@]12C.COc1ccc(C=O)cc1. The molecule has 7 N–H and O–H groups in total. The van der Waals surface area contributed by atoms with Crippen LogP contribution < -0.4 is 20.5 Å². The Morgan fingerprint density at radius 3 is 1.54 bits per heavy atom. The van der Waals surface area contributed by atoms with E-state index in [1.807, 2.05) is 12.1 Å². The van der Waals surface area contributed by atoms with Crippen LogP contribution in [0.25, 0.3) is 0 Å². The Morgan fingerprint density at radius 1 is 0.662 bits per heavy atom. The molecular weight excluding hydrogens is 813 g/mol. The van der Waals surface area contributed by atoms with Crippen LogP contribution in [0.2, 0.25) is 0 Å². The van der Waals surface area contributed by atoms with Gasteiger partial charge in [-0.15, -0.1) is 0 Å². The number of ether oxygens (including phenoxy) is 2. The van der Waals surface area contributed by atoms with Crippen LogP contribution in [0.15, 0.2) is 72.8 Å². The van der Waals surface area contributed by atoms with Crippen molar-refractivity contribution in [2.75, 3.05) is 40.5 Å². The number of aliphatic hydroxyl groups is 4. The summed E-state index contributed by atoms with van der Waals surface area (Å²) >= 11 is 0. The molecule has 362 valence electrons. The third-order valence-electron chi connectivity index (χ3n) is 19.3. The molecule has 6 fully saturated rings. The minimum Gasteiger partial charge on any atom is -0.497 e. The molecule has 0 saturated heterocycles. The number of carbonyl (C=O) groups excluding carboxylic acids is 1. The van der Waals surface area contributed by atoms with E-state index in [2.05, 4.69) is 58.3 Å². The Bertz CT molecular complexity index is 1870. The van der Waals surface area contributed by atoms with Gasteiger partial charge < -0.3 is 41.0 Å². The fraction of sp³-hybridized carbons (Fsp3) is 0.696. The minimum atomic E-state index is -0.257. The number of nitrogens with two attached hydrogens (primary N) is 1. The molecule has 2 aromatic carbocycles. The maximum absolute atomic E-state index is 10.3. The standard InChI is InChI=1S/C28H43NO3.C20H35NO2.C8H8O2/c1-19-5-10-25-24(17-29-16-20-6-8-23(32-4)9-7-20)26(12-14-27(19,25)2)28(3)13-11-22(31)15-21(28)18-30;1-13-4-5-17-16(11-21)18(7-9-19(13,17)2)20(3)8-6-15(23)10-14(20)12-22;1-10-8-4-2-7(6-9)3-5-8/h6-9,21-22,24-26,29-31H,1,5,10-18H2,2-4H3;14-18,22-23H,1,4-12,21H2,2-3H3;2-6H,1H3/t21-,22+,24+,25+,26+,27-,28+;14-,15+,16+,17+,18+,19-,20+;/m11./s1. The van der Waals surface area contributed by atoms with Gasteiger partial charge in [-0.05, 0) is 214 Å². The molecule has 0 unspecified atom stereocenters. The minimum absolute atomic E-state index is 0.0890. The number of nitrogens with one attached hydrogen (secondary N) is 1. The number of fused-ring (bicyclic) bond motifs is 2. The largest absolute Gasteiger partial charge is 0.497 e. The predicted octanol–water partition coefficient (Wildman–Crippen LogP) is 9.55. The van der Waals surface area contributed by atoms with Crippen LogP contribution in [0, 0.1) is 69.0 Å². The molecule has 9 heteroatoms. The second kappa shape index (κ2) is 21.9. The molecular formula is C56H86N2O7. The molecule has 14 atom stereocenters. The van der Waals surface area contributed by atoms with Crippen molar-refractivity contribution in [2.45, 2.75) is 136 Å². The lowest BCUT2D eigenvalue weighted by molar-refractivity contribution is -0.0933. The van der Waals surface area contributed by atoms with E-state index in [9.17, 15) is 25.2 Å². The zero-order chi connectivity index (χ0) is 47.2. The summed E-state index contributed by atoms with van der Waals surface area (Å²) in [7, 11) is 3.29. The highest BCUT2D eigenvalue weighted by Crippen LogP contribution is 2.65. The predicted molar refractivity (Wildman–Crippen MR) is 262 cm³/mol. The third-order valence-corrected chi connectivity index (χ3v) is 19.3. The van der Waals surface area contributed by atoms with Crippen LogP contribution >= 0.6 is 0 Å². The quantitative estimate of drug-likeness (QED) is 0.0903. The first-order valence-corrected chi connectivity index (χ1v) is 25.1. The average molecular weight is 899 g/mol. The Kier molecular flexibility index (Phi) is 17.3. The summed E-state index contributed by atoms with van der Waals surface area (Å²) in [5.74, 6) is 5.60. The van der Waals surface area contributed by atoms with Crippen molar-refractivity contribution >= 4 is 6.29 Å². The summed E-state index contributed by atoms with van der Waals surface area (Å²) in [6.07, 6.45) is 15.2. The number of rotatable bonds is 12. The molecule has 0 radical (unpaired) electrons. The summed E-state index contributed by atoms with van der Waals surface area (Å²) < 4.78 is 10.2. The molecule has 6 aliphatic rings. The zero-order valence-corrected chi connectivity index (χ0v) is 40.9. The van der Waals surface area contributed by atoms with Gasteiger partial charge in [-0.1, -0.05) is 64.1 Å². The van der Waals surface area contributed by atoms with E-state index >= 15 is 0 Å². The van der Waals surface area contributed by atoms with Crippen molar-refractivity contribution in [3.63, 3.8) is 0 Å². The van der Waals surface area contributed by atoms with E-state index < -0.39 is 0 Å². The van der Waals surface area contributed by atoms with Gasteiger partial charge in [0.25, 0.3) is 0 Å². The van der Waals surface area contributed by atoms with Gasteiger partial charge in [-0.3, -0.25) is 4.79 Å². The Labute approximate surface area is 392 Å². The molecule has 8 rings (SSSR count). The zero-order valence-electron chi connectivity index (χ0n) is 40.9. The van der Waals surface area contributed by atoms with Crippen LogP contribution in [-0.2, 0) is 6.54 Å². The van der Waals surface area contributed by atoms with Crippen molar-refractivity contribution in [3.8, 4) is 11.5 Å². The molecule has 0 amide bonds. The van der Waals surface area contributed by atoms with E-state index in [1.54, 1.807) is 38.5 Å². The average Bonchev–Trinajstić information content (AvgIpc) is 3.80. The van der Waals surface area contributed by atoms with Crippen LogP contribution in [0.4, 0.5) is 0 Å². The molecule has 0 bridgehead atoms. The fourth-order valence-corrected chi connectivity index (χ4v) is 14.8. The number of hydrogen-bond donors (Lipinski definition) is 6. The number of hydrogen-bond acceptors (Lipinski definition) is 9. The third kappa shape index (κ3) is 10.7. The number of carbonyl (C=O) groups is 1. The van der Waals surface area contributed by atoms with E-state index in [1.165, 1.54) is 55.2 Å². The van der Waals surface area contributed by atoms with Crippen LogP contribution in [0.3, 0.4) is 0 Å². The molecule has 0 aliphatic heterocycles. The first-order chi connectivity index (χ1) is 31.0. The lowest BCUT2D eigenvalue weighted by Crippen LogP contribution is -2.53. The highest BCUT2D eigenvalue weighted by Gasteiger charge is 2.58. The number of aliphatic hydroxyl groups excluding tert-OH is 4. The monoisotopic (exact) mass is 899 g/mol. The van der Waals surface area contributed by atoms with Gasteiger partial charge in [0, 0.05) is 25.3 Å². The van der Waals surface area contributed by atoms with Gasteiger partial charge >= 0.3 is 0 Å². The van der Waals surface area contributed by atoms with Crippen molar-refractivity contribution in [2.24, 2.45) is 74.7 Å². The molecule has 6 saturated carbocycles. The number of aldehydes is 1. The van der Waals surface area contributed by atoms with Gasteiger partial charge in [0.05, 0.1) is 26.4 Å². The molecule has 0 spiro atoms. The maximum Gasteiger partial charge on any atom is 0.150 e. The number of methoxy groups -OCH3 is 2. The van der Waals surface area contributed by atoms with Gasteiger partial charge in [0.2, 0.25) is 0 Å². The Morgan fingerprint density at radius 2 is 1.11 bits per heavy atom. The van der Waals surface area contributed by atoms with Gasteiger partial charge in [0.1, 0.15) is 17.8 Å². The number of allylic oxidation sites excluding steroid dienone is 2. The summed E-state index contributed by atoms with van der Waals surface area (Å²) in [5, 5.41) is 44.4. The highest BCUT2D eigenvalue weighted by atomic mass is 16.5. The van der Waals surface area contributed by atoms with Crippen molar-refractivity contribution in [1.82, 2.24) is 5.32 Å². The summed E-state index contributed by atoms with van der Waals surface area (Å²) in [6.45, 7) is 21.4. The lowest BCUT2D eigenvalue weighted by atomic mass is 9.49. The summed E-state index contributed by atoms with van der Waals surface area (Å²) in [6, 6.07) is 15.3. The number of benzene rings is 2. The molecule has 0 aromatic heterocycles. The Balaban J connectivity index is 0.000000184. The van der Waals surface area contributed by atoms with Crippen molar-refractivity contribution in [3.05, 3.63) is 84.0 Å². The second-order valence-corrected chi connectivity index (χ2v) is 22.2. The van der Waals surface area contributed by atoms with Crippen molar-refractivity contribution < 1.29 is 34.7 Å². The van der Waals surface area contributed by atoms with E-state index in [0.717, 1.165) is 88.8 Å². The summed E-state index contributed by atoms with van der Waals surface area (Å²) in [5.41, 5.74) is 11.8. The van der Waals surface area contributed by atoms with E-state index in [0.29, 0.717) is 41.1 Å². The summed E-state index contributed by atoms with van der Waals surface area (Å²) in [4.78, 5) is 10.2. The lowest BCUT2D eigenvalue weighted by Gasteiger charge is -2.56. The van der Waals surface area contributed by atoms with E-state index in [4.69, 9.17) is 15.2 Å². The molecule has 2 aromatic rings. The first kappa shape index (κ1) is 51.3. The normalized spacial score (nSPS) is 38.9. The molecule has 9 nitrogen and oxygen atoms in total. The molecule has 6 aliphatic carbocycles.